The van der Waals surface area contributed by atoms with E-state index in [1.807, 2.05) is 0 Å². The maximum Gasteiger partial charge on any atom is 0.0652 e. The Labute approximate surface area is 378 Å². The molecule has 3 heteroatoms. The monoisotopic (exact) mass is 761 g/mol. The molecule has 0 spiro atoms. The van der Waals surface area contributed by atoms with Crippen molar-refractivity contribution in [2.45, 2.75) is 0 Å². The van der Waals surface area contributed by atoms with Crippen LogP contribution in [0.1, 0.15) is 48.0 Å². The highest BCUT2D eigenvalue weighted by Gasteiger charge is 2.19. The van der Waals surface area contributed by atoms with Crippen LogP contribution in [0.25, 0.3) is 105 Å². The smallest absolute Gasteiger partial charge is 0.0652 e. The Morgan fingerprint density at radius 3 is 1.37 bits per heavy atom. The molecule has 3 aromatic heterocycles. The summed E-state index contributed by atoms with van der Waals surface area (Å²) in [7, 11) is 0. The fourth-order valence-corrected chi connectivity index (χ4v) is 6.95. The first-order chi connectivity index (χ1) is 42.9. The number of hydrogen-bond acceptors (Lipinski definition) is 0. The Morgan fingerprint density at radius 2 is 0.719 bits per heavy atom. The van der Waals surface area contributed by atoms with E-state index in [1.165, 1.54) is 0 Å². The molecule has 3 heterocycles. The van der Waals surface area contributed by atoms with Crippen LogP contribution in [-0.4, -0.2) is 13.7 Å². The van der Waals surface area contributed by atoms with Crippen LogP contribution in [0.3, 0.4) is 0 Å². The van der Waals surface area contributed by atoms with Crippen LogP contribution < -0.4 is 0 Å². The Bertz CT molecular complexity index is 5480. The predicted octanol–water partition coefficient (Wildman–Crippen LogP) is 14.3. The fraction of sp³-hybridized carbons (Fsp3) is 0. The fourth-order valence-electron chi connectivity index (χ4n) is 6.95. The first kappa shape index (κ1) is 12.7. The van der Waals surface area contributed by atoms with Gasteiger partial charge >= 0.3 is 0 Å². The molecule has 12 rings (SSSR count). The zero-order chi connectivity index (χ0) is 67.9. The van der Waals surface area contributed by atoms with E-state index in [4.69, 9.17) is 26.0 Å². The van der Waals surface area contributed by atoms with Crippen LogP contribution in [-0.2, 0) is 0 Å². The first-order valence-corrected chi connectivity index (χ1v) is 16.8. The van der Waals surface area contributed by atoms with Crippen molar-refractivity contribution in [1.82, 2.24) is 13.7 Å². The van der Waals surface area contributed by atoms with Gasteiger partial charge < -0.3 is 13.7 Å². The van der Waals surface area contributed by atoms with E-state index < -0.39 is 316 Å². The third-order valence-electron chi connectivity index (χ3n) is 9.29. The van der Waals surface area contributed by atoms with Gasteiger partial charge in [-0.1, -0.05) is 139 Å². The average Bonchev–Trinajstić information content (AvgIpc) is 1.51. The summed E-state index contributed by atoms with van der Waals surface area (Å²) in [6, 6.07) is -35.5. The maximum absolute atomic E-state index is 10.2. The highest BCUT2D eigenvalue weighted by molar-refractivity contribution is 6.14. The highest BCUT2D eigenvalue weighted by Crippen LogP contribution is 2.41. The number of hydrogen-bond donors (Lipinski definition) is 0. The predicted molar refractivity (Wildman–Crippen MR) is 240 cm³/mol. The molecule has 0 fully saturated rings. The molecule has 0 aliphatic rings. The van der Waals surface area contributed by atoms with Gasteiger partial charge in [0.25, 0.3) is 0 Å². The van der Waals surface area contributed by atoms with Gasteiger partial charge in [0.1, 0.15) is 0 Å². The third kappa shape index (κ3) is 4.79. The number of benzene rings is 9. The molecule has 57 heavy (non-hydrogen) atoms. The summed E-state index contributed by atoms with van der Waals surface area (Å²) < 4.78 is 322. The number of aromatic nitrogens is 3. The van der Waals surface area contributed by atoms with E-state index in [9.17, 15) is 21.9 Å². The molecule has 0 bridgehead atoms. The van der Waals surface area contributed by atoms with Gasteiger partial charge in [0.15, 0.2) is 0 Å². The van der Waals surface area contributed by atoms with Gasteiger partial charge in [-0.15, -0.1) is 0 Å². The molecule has 0 amide bonds. The van der Waals surface area contributed by atoms with E-state index in [-0.39, 0.29) is 0 Å². The largest absolute Gasteiger partial charge is 0.309 e. The van der Waals surface area contributed by atoms with Crippen LogP contribution in [0.4, 0.5) is 0 Å². The van der Waals surface area contributed by atoms with Crippen molar-refractivity contribution in [1.29, 1.82) is 0 Å². The molecule has 0 saturated heterocycles. The van der Waals surface area contributed by atoms with E-state index >= 15 is 0 Å². The van der Waals surface area contributed by atoms with Gasteiger partial charge in [0, 0.05) is 49.3 Å². The summed E-state index contributed by atoms with van der Waals surface area (Å²) in [4.78, 5) is 0. The quantitative estimate of drug-likeness (QED) is 0.166. The van der Waals surface area contributed by atoms with Crippen LogP contribution in [0.15, 0.2) is 211 Å². The summed E-state index contributed by atoms with van der Waals surface area (Å²) in [5, 5.41) is -4.10. The Morgan fingerprint density at radius 1 is 0.263 bits per heavy atom. The molecular weight excluding hydrogens is 691 g/mol. The van der Waals surface area contributed by atoms with E-state index in [0.717, 1.165) is 0 Å². The minimum absolute atomic E-state index is 0.559. The van der Waals surface area contributed by atoms with Crippen molar-refractivity contribution in [2.75, 3.05) is 0 Å². The van der Waals surface area contributed by atoms with E-state index in [1.54, 1.807) is 0 Å². The molecule has 0 aliphatic heterocycles. The van der Waals surface area contributed by atoms with Crippen LogP contribution in [0.5, 0.6) is 0 Å². The van der Waals surface area contributed by atoms with Gasteiger partial charge in [-0.2, -0.15) is 0 Å². The summed E-state index contributed by atoms with van der Waals surface area (Å²) in [6.07, 6.45) is 0. The normalized spacial score (nSPS) is 20.5. The summed E-state index contributed by atoms with van der Waals surface area (Å²) in [6.45, 7) is 0. The number of rotatable bonds is 5. The lowest BCUT2D eigenvalue weighted by molar-refractivity contribution is 1.16. The lowest BCUT2D eigenvalue weighted by Crippen LogP contribution is -1.97. The Balaban J connectivity index is 1.29. The molecule has 0 radical (unpaired) electrons. The lowest BCUT2D eigenvalue weighted by Gasteiger charge is -2.14. The molecule has 3 nitrogen and oxygen atoms in total. The zero-order valence-corrected chi connectivity index (χ0v) is 28.3. The summed E-state index contributed by atoms with van der Waals surface area (Å²) in [5.74, 6) is 0. The topological polar surface area (TPSA) is 14.8 Å². The highest BCUT2D eigenvalue weighted by atomic mass is 15.0. The Hall–Kier alpha value is -7.62. The Kier molecular flexibility index (Phi) is 2.78. The van der Waals surface area contributed by atoms with E-state index in [2.05, 4.69) is 0 Å². The van der Waals surface area contributed by atoms with Crippen molar-refractivity contribution in [2.24, 2.45) is 0 Å². The molecule has 0 saturated carbocycles. The molecular formula is C54H35N3. The second-order valence-electron chi connectivity index (χ2n) is 12.3. The molecule has 0 atom stereocenters. The standard InChI is InChI=1S/C54H35N3/c1-2-15-36(16-3-1)37-17-14-18-39(33-37)55-50-26-11-8-23-45(50)47-35-40(30-32-54(47)55)56-49-25-10-7-22-44(49)46-34-38(29-31-53(46)56)41-19-4-9-24-48(41)57-51-27-12-5-20-42(51)43-21-6-13-28-52(43)57/h1-35H/i1D,2D,3D,4D,5D,6D,7D,8D,9D,10D,11D,12D,13D,14D,15D,16D,17D,18D,19D,20D,21D,22D,23D,24D,25D,26D,27D,28D,29D,30D,31D,32D,33D,34D,35D. The second kappa shape index (κ2) is 12.5. The van der Waals surface area contributed by atoms with Gasteiger partial charge in [0.2, 0.25) is 0 Å². The zero-order valence-electron chi connectivity index (χ0n) is 63.3. The maximum atomic E-state index is 10.2. The van der Waals surface area contributed by atoms with Crippen molar-refractivity contribution in [3.05, 3.63) is 211 Å². The van der Waals surface area contributed by atoms with Crippen LogP contribution >= 0.6 is 0 Å². The van der Waals surface area contributed by atoms with Crippen molar-refractivity contribution in [3.8, 4) is 39.3 Å². The van der Waals surface area contributed by atoms with Gasteiger partial charge in [-0.25, -0.2) is 0 Å². The minimum atomic E-state index is -1.20. The molecule has 9 aromatic carbocycles. The number of fused-ring (bicyclic) bond motifs is 9. The van der Waals surface area contributed by atoms with Gasteiger partial charge in [0.05, 0.1) is 86.8 Å². The third-order valence-corrected chi connectivity index (χ3v) is 9.29. The minimum Gasteiger partial charge on any atom is -0.309 e. The molecule has 0 unspecified atom stereocenters. The van der Waals surface area contributed by atoms with Crippen LogP contribution in [0.2, 0.25) is 0 Å². The second-order valence-corrected chi connectivity index (χ2v) is 12.3. The number of nitrogens with zero attached hydrogens (tertiary/aromatic N) is 3. The number of para-hydroxylation sites is 5. The summed E-state index contributed by atoms with van der Waals surface area (Å²) >= 11 is 0. The van der Waals surface area contributed by atoms with Gasteiger partial charge in [-0.05, 0) is 89.2 Å². The van der Waals surface area contributed by atoms with Crippen LogP contribution in [0, 0.1) is 0 Å². The van der Waals surface area contributed by atoms with Crippen molar-refractivity contribution >= 4 is 65.4 Å². The molecule has 0 aliphatic carbocycles. The first-order valence-electron chi connectivity index (χ1n) is 34.3. The summed E-state index contributed by atoms with van der Waals surface area (Å²) in [5.41, 5.74) is -10.9. The lowest BCUT2D eigenvalue weighted by atomic mass is 10.0. The molecule has 12 aromatic rings. The average molecular weight is 761 g/mol. The SMILES string of the molecule is [2H]c1c([2H])c([2H])c(-c2c([2H])c([2H])c([2H])c(-n3c4c([2H])c([2H])c([2H])c([2H])c4c4c([2H])c(-n5c6c([2H])c([2H])c([2H])c([2H])c6c6c([2H])c(-c7c([2H])c([2H])c([2H])c([2H])c7-n7c8c([2H])c([2H])c([2H])c([2H])c8c8c([2H])c([2H])c([2H])c([2H])c87)c([2H])c([2H])c65)c([2H])c([2H])c43)c2[2H])c([2H])c1[2H]. The molecule has 0 N–H and O–H groups in total. The van der Waals surface area contributed by atoms with E-state index in [0.29, 0.717) is 13.7 Å². The van der Waals surface area contributed by atoms with Crippen molar-refractivity contribution < 1.29 is 48.0 Å². The van der Waals surface area contributed by atoms with Crippen molar-refractivity contribution in [3.63, 3.8) is 0 Å². The molecule has 266 valence electrons. The van der Waals surface area contributed by atoms with Gasteiger partial charge in [-0.3, -0.25) is 0 Å².